The van der Waals surface area contributed by atoms with Crippen LogP contribution in [0, 0.1) is 6.92 Å². The lowest BCUT2D eigenvalue weighted by Crippen LogP contribution is -2.31. The molecule has 0 aliphatic carbocycles. The van der Waals surface area contributed by atoms with Gasteiger partial charge in [0.05, 0.1) is 0 Å². The van der Waals surface area contributed by atoms with E-state index in [0.717, 1.165) is 5.56 Å². The molecule has 22 heavy (non-hydrogen) atoms. The summed E-state index contributed by atoms with van der Waals surface area (Å²) in [7, 11) is 0. The summed E-state index contributed by atoms with van der Waals surface area (Å²) >= 11 is 0. The summed E-state index contributed by atoms with van der Waals surface area (Å²) in [6.07, 6.45) is 1.27. The van der Waals surface area contributed by atoms with Crippen LogP contribution in [0.15, 0.2) is 24.5 Å². The first-order valence-electron chi connectivity index (χ1n) is 6.44. The van der Waals surface area contributed by atoms with E-state index in [-0.39, 0.29) is 11.4 Å². The first-order chi connectivity index (χ1) is 10.5. The van der Waals surface area contributed by atoms with Gasteiger partial charge >= 0.3 is 5.97 Å². The number of amides is 1. The maximum atomic E-state index is 12.2. The van der Waals surface area contributed by atoms with Gasteiger partial charge in [-0.2, -0.15) is 5.10 Å². The van der Waals surface area contributed by atoms with Gasteiger partial charge in [0.15, 0.2) is 17.1 Å². The van der Waals surface area contributed by atoms with E-state index in [1.807, 2.05) is 13.0 Å². The predicted octanol–water partition coefficient (Wildman–Crippen LogP) is 0.711. The molecule has 0 unspecified atom stereocenters. The third-order valence-electron chi connectivity index (χ3n) is 3.35. The Kier molecular flexibility index (Phi) is 3.13. The second-order valence-corrected chi connectivity index (χ2v) is 4.77. The monoisotopic (exact) mass is 300 g/mol. The van der Waals surface area contributed by atoms with Crippen molar-refractivity contribution in [2.24, 2.45) is 0 Å². The number of hydrogen-bond donors (Lipinski definition) is 3. The topological polar surface area (TPSA) is 117 Å². The van der Waals surface area contributed by atoms with E-state index in [9.17, 15) is 14.7 Å². The van der Waals surface area contributed by atoms with E-state index in [1.54, 1.807) is 12.1 Å². The number of aliphatic carboxylic acids is 1. The molecule has 3 rings (SSSR count). The van der Waals surface area contributed by atoms with Crippen molar-refractivity contribution in [1.82, 2.24) is 19.9 Å². The van der Waals surface area contributed by atoms with Crippen LogP contribution < -0.4 is 5.32 Å². The van der Waals surface area contributed by atoms with Crippen LogP contribution in [0.1, 0.15) is 16.1 Å². The van der Waals surface area contributed by atoms with E-state index in [0.29, 0.717) is 16.4 Å². The molecule has 0 spiro atoms. The molecular weight excluding hydrogens is 288 g/mol. The fourth-order valence-corrected chi connectivity index (χ4v) is 2.41. The highest BCUT2D eigenvalue weighted by atomic mass is 16.4. The molecule has 8 nitrogen and oxygen atoms in total. The summed E-state index contributed by atoms with van der Waals surface area (Å²) in [6.45, 7) is 1.31. The Balaban J connectivity index is 2.29. The van der Waals surface area contributed by atoms with Crippen molar-refractivity contribution < 1.29 is 19.8 Å². The molecule has 8 heteroatoms. The average molecular weight is 300 g/mol. The van der Waals surface area contributed by atoms with Crippen LogP contribution in [-0.4, -0.2) is 43.2 Å². The summed E-state index contributed by atoms with van der Waals surface area (Å²) < 4.78 is 1.21. The zero-order chi connectivity index (χ0) is 15.9. The zero-order valence-electron chi connectivity index (χ0n) is 11.6. The number of hydrogen-bond acceptors (Lipinski definition) is 5. The molecule has 0 aliphatic rings. The van der Waals surface area contributed by atoms with Gasteiger partial charge in [-0.25, -0.2) is 9.50 Å². The molecule has 0 fully saturated rings. The Morgan fingerprint density at radius 1 is 1.36 bits per heavy atom. The number of carbonyl (C=O) groups is 2. The number of carboxylic acid groups (broad SMARTS) is 1. The first kappa shape index (κ1) is 13.8. The van der Waals surface area contributed by atoms with Crippen molar-refractivity contribution in [3.05, 3.63) is 35.8 Å². The Bertz CT molecular complexity index is 916. The van der Waals surface area contributed by atoms with Crippen LogP contribution in [0.3, 0.4) is 0 Å². The minimum Gasteiger partial charge on any atom is -0.505 e. The highest BCUT2D eigenvalue weighted by Gasteiger charge is 2.22. The third kappa shape index (κ3) is 2.01. The lowest BCUT2D eigenvalue weighted by molar-refractivity contribution is -0.135. The second-order valence-electron chi connectivity index (χ2n) is 4.77. The lowest BCUT2D eigenvalue weighted by atomic mass is 10.0. The fraction of sp³-hybridized carbons (Fsp3) is 0.143. The van der Waals surface area contributed by atoms with Gasteiger partial charge in [-0.15, -0.1) is 0 Å². The zero-order valence-corrected chi connectivity index (χ0v) is 11.6. The summed E-state index contributed by atoms with van der Waals surface area (Å²) in [5.74, 6) is -2.18. The summed E-state index contributed by atoms with van der Waals surface area (Å²) in [5, 5.41) is 26.4. The molecule has 2 aromatic heterocycles. The number of nitrogens with zero attached hydrogens (tertiary/aromatic N) is 3. The highest BCUT2D eigenvalue weighted by Crippen LogP contribution is 2.32. The molecule has 2 heterocycles. The van der Waals surface area contributed by atoms with E-state index in [4.69, 9.17) is 5.11 Å². The minimum atomic E-state index is -1.18. The van der Waals surface area contributed by atoms with E-state index in [1.165, 1.54) is 10.8 Å². The number of benzene rings is 1. The molecule has 1 aromatic carbocycles. The van der Waals surface area contributed by atoms with Crippen LogP contribution >= 0.6 is 0 Å². The predicted molar refractivity (Wildman–Crippen MR) is 76.9 cm³/mol. The van der Waals surface area contributed by atoms with Crippen molar-refractivity contribution in [3.63, 3.8) is 0 Å². The van der Waals surface area contributed by atoms with Crippen LogP contribution in [0.5, 0.6) is 5.75 Å². The molecule has 3 N–H and O–H groups in total. The van der Waals surface area contributed by atoms with Crippen LogP contribution in [0.25, 0.3) is 16.4 Å². The van der Waals surface area contributed by atoms with Crippen LogP contribution in [-0.2, 0) is 4.79 Å². The SMILES string of the molecule is Cc1cccc2c(O)c(C(=O)NCC(=O)O)n3ncnc3c12. The summed E-state index contributed by atoms with van der Waals surface area (Å²) in [6, 6.07) is 5.28. The Labute approximate surface area is 124 Å². The second kappa shape index (κ2) is 4.99. The molecule has 112 valence electrons. The number of carbonyl (C=O) groups excluding carboxylic acids is 1. The number of aryl methyl sites for hydroxylation is 1. The smallest absolute Gasteiger partial charge is 0.322 e. The lowest BCUT2D eigenvalue weighted by Gasteiger charge is -2.11. The molecule has 0 radical (unpaired) electrons. The molecular formula is C14H12N4O4. The molecule has 0 saturated heterocycles. The quantitative estimate of drug-likeness (QED) is 0.656. The number of fused-ring (bicyclic) bond motifs is 3. The van der Waals surface area contributed by atoms with E-state index in [2.05, 4.69) is 15.4 Å². The van der Waals surface area contributed by atoms with Crippen molar-refractivity contribution in [2.45, 2.75) is 6.92 Å². The normalized spacial score (nSPS) is 11.0. The third-order valence-corrected chi connectivity index (χ3v) is 3.35. The number of aromatic nitrogens is 3. The number of nitrogens with one attached hydrogen (secondary N) is 1. The van der Waals surface area contributed by atoms with Crippen molar-refractivity contribution >= 4 is 28.3 Å². The average Bonchev–Trinajstić information content (AvgIpc) is 2.94. The van der Waals surface area contributed by atoms with Gasteiger partial charge in [-0.1, -0.05) is 18.2 Å². The largest absolute Gasteiger partial charge is 0.505 e. The highest BCUT2D eigenvalue weighted by molar-refractivity contribution is 6.07. The van der Waals surface area contributed by atoms with Gasteiger partial charge in [0, 0.05) is 10.8 Å². The maximum Gasteiger partial charge on any atom is 0.322 e. The number of aromatic hydroxyl groups is 1. The van der Waals surface area contributed by atoms with Crippen LogP contribution in [0.2, 0.25) is 0 Å². The maximum absolute atomic E-state index is 12.2. The first-order valence-corrected chi connectivity index (χ1v) is 6.44. The number of rotatable bonds is 3. The van der Waals surface area contributed by atoms with Gasteiger partial charge in [-0.05, 0) is 12.5 Å². The Morgan fingerprint density at radius 2 is 2.14 bits per heavy atom. The van der Waals surface area contributed by atoms with E-state index >= 15 is 0 Å². The standard InChI is InChI=1S/C14H12N4O4/c1-7-3-2-4-8-10(7)13-16-6-17-18(13)11(12(8)21)14(22)15-5-9(19)20/h2-4,6,21H,5H2,1H3,(H,15,22)(H,19,20). The molecule has 0 atom stereocenters. The van der Waals surface area contributed by atoms with Gasteiger partial charge in [-0.3, -0.25) is 9.59 Å². The fourth-order valence-electron chi connectivity index (χ4n) is 2.41. The molecule has 0 aliphatic heterocycles. The minimum absolute atomic E-state index is 0.146. The van der Waals surface area contributed by atoms with Crippen molar-refractivity contribution in [1.29, 1.82) is 0 Å². The van der Waals surface area contributed by atoms with Crippen molar-refractivity contribution in [3.8, 4) is 5.75 Å². The Morgan fingerprint density at radius 3 is 2.86 bits per heavy atom. The number of carboxylic acids is 1. The van der Waals surface area contributed by atoms with Gasteiger partial charge < -0.3 is 15.5 Å². The summed E-state index contributed by atoms with van der Waals surface area (Å²) in [5.41, 5.74) is 1.15. The number of pyridine rings is 1. The van der Waals surface area contributed by atoms with Crippen molar-refractivity contribution in [2.75, 3.05) is 6.54 Å². The van der Waals surface area contributed by atoms with Gasteiger partial charge in [0.25, 0.3) is 5.91 Å². The van der Waals surface area contributed by atoms with Gasteiger partial charge in [0.1, 0.15) is 12.9 Å². The molecule has 3 aromatic rings. The molecule has 1 amide bonds. The molecule has 0 saturated carbocycles. The summed E-state index contributed by atoms with van der Waals surface area (Å²) in [4.78, 5) is 26.9. The van der Waals surface area contributed by atoms with Crippen LogP contribution in [0.4, 0.5) is 0 Å². The van der Waals surface area contributed by atoms with Gasteiger partial charge in [0.2, 0.25) is 0 Å². The Hall–Kier alpha value is -3.16. The molecule has 0 bridgehead atoms. The van der Waals surface area contributed by atoms with E-state index < -0.39 is 18.4 Å².